The maximum Gasteiger partial charge on any atom is 0.242 e. The molecule has 1 N–H and O–H groups in total. The zero-order valence-electron chi connectivity index (χ0n) is 12.1. The van der Waals surface area contributed by atoms with Gasteiger partial charge in [0.25, 0.3) is 0 Å². The van der Waals surface area contributed by atoms with Gasteiger partial charge in [-0.1, -0.05) is 47.3 Å². The molecule has 0 unspecified atom stereocenters. The highest BCUT2D eigenvalue weighted by atomic mass is 79.9. The van der Waals surface area contributed by atoms with Gasteiger partial charge < -0.3 is 0 Å². The lowest BCUT2D eigenvalue weighted by Gasteiger charge is -2.28. The summed E-state index contributed by atoms with van der Waals surface area (Å²) in [6, 6.07) is 4.87. The Labute approximate surface area is 140 Å². The van der Waals surface area contributed by atoms with Crippen LogP contribution in [0.3, 0.4) is 0 Å². The summed E-state index contributed by atoms with van der Waals surface area (Å²) in [6.45, 7) is 2.20. The van der Waals surface area contributed by atoms with Gasteiger partial charge in [0.1, 0.15) is 4.90 Å². The maximum absolute atomic E-state index is 12.4. The molecule has 0 radical (unpaired) electrons. The molecule has 1 saturated carbocycles. The average Bonchev–Trinajstić information content (AvgIpc) is 2.40. The molecule has 1 aromatic rings. The third-order valence-corrected chi connectivity index (χ3v) is 6.55. The molecule has 0 saturated heterocycles. The Hall–Kier alpha value is -0.100. The fourth-order valence-electron chi connectivity index (χ4n) is 2.95. The van der Waals surface area contributed by atoms with E-state index < -0.39 is 10.0 Å². The molecule has 0 amide bonds. The number of rotatable bonds is 5. The van der Waals surface area contributed by atoms with Crippen molar-refractivity contribution in [3.05, 3.63) is 27.7 Å². The number of sulfonamides is 1. The molecule has 0 aromatic heterocycles. The molecule has 0 aliphatic heterocycles. The lowest BCUT2D eigenvalue weighted by molar-refractivity contribution is 0.297. The molecule has 6 heteroatoms. The Bertz CT molecular complexity index is 583. The second-order valence-electron chi connectivity index (χ2n) is 5.70. The Kier molecular flexibility index (Phi) is 6.12. The van der Waals surface area contributed by atoms with Crippen LogP contribution in [0.5, 0.6) is 0 Å². The standard InChI is InChI=1S/C15H21BrClNO2S/c1-2-3-11-4-7-13(8-5-11)18-21(19,20)15-9-6-12(16)10-14(15)17/h6,9-11,13,18H,2-5,7-8H2,1H3. The normalized spacial score (nSPS) is 23.2. The Morgan fingerprint density at radius 3 is 2.52 bits per heavy atom. The smallest absolute Gasteiger partial charge is 0.208 e. The van der Waals surface area contributed by atoms with E-state index in [1.54, 1.807) is 12.1 Å². The Balaban J connectivity index is 2.02. The van der Waals surface area contributed by atoms with Gasteiger partial charge in [-0.3, -0.25) is 0 Å². The van der Waals surface area contributed by atoms with Gasteiger partial charge in [0.15, 0.2) is 0 Å². The molecule has 21 heavy (non-hydrogen) atoms. The SMILES string of the molecule is CCCC1CCC(NS(=O)(=O)c2ccc(Br)cc2Cl)CC1. The molecule has 0 heterocycles. The first-order chi connectivity index (χ1) is 9.92. The van der Waals surface area contributed by atoms with E-state index >= 15 is 0 Å². The molecule has 0 bridgehead atoms. The highest BCUT2D eigenvalue weighted by Crippen LogP contribution is 2.30. The van der Waals surface area contributed by atoms with Crippen molar-refractivity contribution in [3.63, 3.8) is 0 Å². The largest absolute Gasteiger partial charge is 0.242 e. The Morgan fingerprint density at radius 2 is 1.95 bits per heavy atom. The third-order valence-electron chi connectivity index (χ3n) is 4.05. The van der Waals surface area contributed by atoms with E-state index in [-0.39, 0.29) is 16.0 Å². The highest BCUT2D eigenvalue weighted by molar-refractivity contribution is 9.10. The first-order valence-corrected chi connectivity index (χ1v) is 10.0. The van der Waals surface area contributed by atoms with Crippen LogP contribution in [0, 0.1) is 5.92 Å². The molecule has 0 atom stereocenters. The van der Waals surface area contributed by atoms with Crippen LogP contribution in [0.25, 0.3) is 0 Å². The molecule has 3 nitrogen and oxygen atoms in total. The zero-order chi connectivity index (χ0) is 15.5. The monoisotopic (exact) mass is 393 g/mol. The maximum atomic E-state index is 12.4. The van der Waals surface area contributed by atoms with Crippen molar-refractivity contribution in [1.82, 2.24) is 4.72 Å². The average molecular weight is 395 g/mol. The number of hydrogen-bond acceptors (Lipinski definition) is 2. The summed E-state index contributed by atoms with van der Waals surface area (Å²) in [7, 11) is -3.54. The zero-order valence-corrected chi connectivity index (χ0v) is 15.3. The van der Waals surface area contributed by atoms with Crippen molar-refractivity contribution in [1.29, 1.82) is 0 Å². The lowest BCUT2D eigenvalue weighted by Crippen LogP contribution is -2.37. The molecular formula is C15H21BrClNO2S. The fraction of sp³-hybridized carbons (Fsp3) is 0.600. The minimum Gasteiger partial charge on any atom is -0.208 e. The minimum atomic E-state index is -3.54. The number of benzene rings is 1. The van der Waals surface area contributed by atoms with E-state index in [9.17, 15) is 8.42 Å². The van der Waals surface area contributed by atoms with Crippen molar-refractivity contribution in [2.45, 2.75) is 56.4 Å². The quantitative estimate of drug-likeness (QED) is 0.784. The van der Waals surface area contributed by atoms with Crippen molar-refractivity contribution in [2.75, 3.05) is 0 Å². The van der Waals surface area contributed by atoms with Crippen molar-refractivity contribution in [3.8, 4) is 0 Å². The molecule has 118 valence electrons. The molecule has 2 rings (SSSR count). The van der Waals surface area contributed by atoms with Crippen LogP contribution in [0.15, 0.2) is 27.6 Å². The molecule has 0 spiro atoms. The fourth-order valence-corrected chi connectivity index (χ4v) is 5.30. The van der Waals surface area contributed by atoms with E-state index in [0.29, 0.717) is 0 Å². The van der Waals surface area contributed by atoms with E-state index in [1.165, 1.54) is 18.9 Å². The van der Waals surface area contributed by atoms with Crippen LogP contribution in [-0.2, 0) is 10.0 Å². The summed E-state index contributed by atoms with van der Waals surface area (Å²) in [5, 5.41) is 0.247. The van der Waals surface area contributed by atoms with Crippen molar-refractivity contribution < 1.29 is 8.42 Å². The summed E-state index contributed by atoms with van der Waals surface area (Å²) in [4.78, 5) is 0.156. The molecule has 1 aliphatic carbocycles. The van der Waals surface area contributed by atoms with Crippen LogP contribution in [0.4, 0.5) is 0 Å². The first-order valence-electron chi connectivity index (χ1n) is 7.39. The summed E-state index contributed by atoms with van der Waals surface area (Å²) < 4.78 is 28.4. The third kappa shape index (κ3) is 4.68. The number of halogens is 2. The van der Waals surface area contributed by atoms with Gasteiger partial charge >= 0.3 is 0 Å². The van der Waals surface area contributed by atoms with Crippen LogP contribution in [0.2, 0.25) is 5.02 Å². The second kappa shape index (κ2) is 7.44. The molecule has 1 fully saturated rings. The second-order valence-corrected chi connectivity index (χ2v) is 8.71. The minimum absolute atomic E-state index is 0.0304. The number of nitrogens with one attached hydrogen (secondary N) is 1. The van der Waals surface area contributed by atoms with E-state index in [0.717, 1.165) is 36.1 Å². The Morgan fingerprint density at radius 1 is 1.29 bits per heavy atom. The van der Waals surface area contributed by atoms with Gasteiger partial charge in [-0.15, -0.1) is 0 Å². The predicted molar refractivity (Wildman–Crippen MR) is 90.1 cm³/mol. The molecule has 1 aromatic carbocycles. The van der Waals surface area contributed by atoms with Gasteiger partial charge in [-0.05, 0) is 49.8 Å². The van der Waals surface area contributed by atoms with E-state index in [2.05, 4.69) is 27.6 Å². The highest BCUT2D eigenvalue weighted by Gasteiger charge is 2.26. The molecule has 1 aliphatic rings. The van der Waals surface area contributed by atoms with Crippen LogP contribution >= 0.6 is 27.5 Å². The van der Waals surface area contributed by atoms with Gasteiger partial charge in [0.2, 0.25) is 10.0 Å². The van der Waals surface area contributed by atoms with Crippen LogP contribution < -0.4 is 4.72 Å². The molecular weight excluding hydrogens is 374 g/mol. The van der Waals surface area contributed by atoms with Gasteiger partial charge in [0, 0.05) is 10.5 Å². The van der Waals surface area contributed by atoms with Crippen molar-refractivity contribution >= 4 is 37.6 Å². The van der Waals surface area contributed by atoms with Gasteiger partial charge in [-0.25, -0.2) is 13.1 Å². The summed E-state index contributed by atoms with van der Waals surface area (Å²) in [5.74, 6) is 0.757. The summed E-state index contributed by atoms with van der Waals surface area (Å²) in [5.41, 5.74) is 0. The van der Waals surface area contributed by atoms with Crippen LogP contribution in [0.1, 0.15) is 45.4 Å². The number of hydrogen-bond donors (Lipinski definition) is 1. The summed E-state index contributed by atoms with van der Waals surface area (Å²) >= 11 is 9.33. The van der Waals surface area contributed by atoms with Gasteiger partial charge in [-0.2, -0.15) is 0 Å². The predicted octanol–water partition coefficient (Wildman–Crippen LogP) is 4.74. The summed E-state index contributed by atoms with van der Waals surface area (Å²) in [6.07, 6.45) is 6.49. The topological polar surface area (TPSA) is 46.2 Å². The lowest BCUT2D eigenvalue weighted by atomic mass is 9.84. The first kappa shape index (κ1) is 17.3. The van der Waals surface area contributed by atoms with E-state index in [1.807, 2.05) is 0 Å². The van der Waals surface area contributed by atoms with E-state index in [4.69, 9.17) is 11.6 Å². The van der Waals surface area contributed by atoms with Crippen LogP contribution in [-0.4, -0.2) is 14.5 Å². The van der Waals surface area contributed by atoms with Crippen molar-refractivity contribution in [2.24, 2.45) is 5.92 Å². The van der Waals surface area contributed by atoms with Gasteiger partial charge in [0.05, 0.1) is 5.02 Å².